The average Bonchev–Trinajstić information content (AvgIpc) is 2.14. The molecule has 0 saturated heterocycles. The first-order chi connectivity index (χ1) is 6.99. The minimum absolute atomic E-state index is 0.115. The fourth-order valence-corrected chi connectivity index (χ4v) is 2.78. The van der Waals surface area contributed by atoms with Gasteiger partial charge in [-0.3, -0.25) is 0 Å². The van der Waals surface area contributed by atoms with Gasteiger partial charge >= 0.3 is 5.97 Å². The zero-order chi connectivity index (χ0) is 11.1. The summed E-state index contributed by atoms with van der Waals surface area (Å²) in [7, 11) is 0. The molecular formula is C11H13NO2S. The van der Waals surface area contributed by atoms with E-state index in [1.807, 2.05) is 6.07 Å². The zero-order valence-corrected chi connectivity index (χ0v) is 9.52. The zero-order valence-electron chi connectivity index (χ0n) is 8.70. The molecule has 2 rings (SSSR count). The molecule has 0 unspecified atom stereocenters. The molecule has 0 amide bonds. The van der Waals surface area contributed by atoms with Crippen LogP contribution in [0.5, 0.6) is 0 Å². The van der Waals surface area contributed by atoms with Crippen molar-refractivity contribution in [1.82, 2.24) is 0 Å². The van der Waals surface area contributed by atoms with E-state index in [-0.39, 0.29) is 4.75 Å². The Morgan fingerprint density at radius 3 is 2.93 bits per heavy atom. The molecule has 0 fully saturated rings. The number of hydrogen-bond donors (Lipinski definition) is 2. The summed E-state index contributed by atoms with van der Waals surface area (Å²) >= 11 is 1.72. The van der Waals surface area contributed by atoms with Crippen molar-refractivity contribution in [1.29, 1.82) is 0 Å². The summed E-state index contributed by atoms with van der Waals surface area (Å²) in [6.07, 6.45) is 0. The van der Waals surface area contributed by atoms with Crippen LogP contribution in [-0.4, -0.2) is 22.4 Å². The molecule has 0 bridgehead atoms. The van der Waals surface area contributed by atoms with Gasteiger partial charge in [0.25, 0.3) is 0 Å². The first-order valence-electron chi connectivity index (χ1n) is 4.79. The summed E-state index contributed by atoms with van der Waals surface area (Å²) in [5.74, 6) is -0.875. The van der Waals surface area contributed by atoms with E-state index in [2.05, 4.69) is 19.2 Å². The van der Waals surface area contributed by atoms with E-state index in [4.69, 9.17) is 5.11 Å². The number of carbonyl (C=O) groups is 1. The standard InChI is InChI=1S/C11H13NO2S/c1-11(2)6-12-9-7(10(13)14)4-3-5-8(9)15-11/h3-5,12H,6H2,1-2H3,(H,13,14). The Morgan fingerprint density at radius 2 is 2.27 bits per heavy atom. The van der Waals surface area contributed by atoms with Crippen molar-refractivity contribution in [2.24, 2.45) is 0 Å². The van der Waals surface area contributed by atoms with Gasteiger partial charge in [-0.2, -0.15) is 0 Å². The van der Waals surface area contributed by atoms with Crippen molar-refractivity contribution in [3.8, 4) is 0 Å². The maximum Gasteiger partial charge on any atom is 0.337 e. The van der Waals surface area contributed by atoms with Crippen molar-refractivity contribution in [3.05, 3.63) is 23.8 Å². The highest BCUT2D eigenvalue weighted by Crippen LogP contribution is 2.42. The molecule has 0 spiro atoms. The number of para-hydroxylation sites is 1. The molecule has 80 valence electrons. The van der Waals surface area contributed by atoms with Crippen LogP contribution in [0.4, 0.5) is 5.69 Å². The van der Waals surface area contributed by atoms with E-state index < -0.39 is 5.97 Å². The van der Waals surface area contributed by atoms with E-state index in [1.54, 1.807) is 23.9 Å². The minimum atomic E-state index is -0.875. The number of aromatic carboxylic acids is 1. The molecule has 0 aromatic heterocycles. The van der Waals surface area contributed by atoms with E-state index in [0.717, 1.165) is 17.1 Å². The lowest BCUT2D eigenvalue weighted by Crippen LogP contribution is -2.30. The normalized spacial score (nSPS) is 17.7. The number of nitrogens with one attached hydrogen (secondary N) is 1. The minimum Gasteiger partial charge on any atom is -0.478 e. The molecule has 0 atom stereocenters. The number of carboxylic acids is 1. The Balaban J connectivity index is 2.47. The van der Waals surface area contributed by atoms with Gasteiger partial charge in [-0.25, -0.2) is 4.79 Å². The third kappa shape index (κ3) is 1.95. The van der Waals surface area contributed by atoms with Crippen LogP contribution in [0.3, 0.4) is 0 Å². The van der Waals surface area contributed by atoms with Crippen molar-refractivity contribution in [2.45, 2.75) is 23.5 Å². The molecule has 1 aromatic carbocycles. The van der Waals surface area contributed by atoms with Gasteiger partial charge in [0.1, 0.15) is 0 Å². The van der Waals surface area contributed by atoms with E-state index in [1.165, 1.54) is 0 Å². The van der Waals surface area contributed by atoms with E-state index >= 15 is 0 Å². The Morgan fingerprint density at radius 1 is 1.53 bits per heavy atom. The lowest BCUT2D eigenvalue weighted by atomic mass is 10.1. The maximum absolute atomic E-state index is 11.0. The van der Waals surface area contributed by atoms with Gasteiger partial charge in [0, 0.05) is 16.2 Å². The van der Waals surface area contributed by atoms with Gasteiger partial charge in [0.15, 0.2) is 0 Å². The third-order valence-corrected chi connectivity index (χ3v) is 3.59. The summed E-state index contributed by atoms with van der Waals surface area (Å²) in [5.41, 5.74) is 1.12. The van der Waals surface area contributed by atoms with Crippen LogP contribution >= 0.6 is 11.8 Å². The van der Waals surface area contributed by atoms with Crippen LogP contribution in [0.1, 0.15) is 24.2 Å². The lowest BCUT2D eigenvalue weighted by molar-refractivity contribution is 0.0697. The molecule has 3 nitrogen and oxygen atoms in total. The molecule has 2 N–H and O–H groups in total. The summed E-state index contributed by atoms with van der Waals surface area (Å²) < 4.78 is 0.115. The van der Waals surface area contributed by atoms with Crippen LogP contribution in [0, 0.1) is 0 Å². The molecule has 1 aliphatic heterocycles. The summed E-state index contributed by atoms with van der Waals surface area (Å²) in [5, 5.41) is 12.2. The quantitative estimate of drug-likeness (QED) is 0.768. The Hall–Kier alpha value is -1.16. The van der Waals surface area contributed by atoms with E-state index in [9.17, 15) is 4.79 Å². The van der Waals surface area contributed by atoms with Crippen LogP contribution in [0.25, 0.3) is 0 Å². The second-order valence-corrected chi connectivity index (χ2v) is 5.95. The number of thioether (sulfide) groups is 1. The van der Waals surface area contributed by atoms with Gasteiger partial charge in [0.2, 0.25) is 0 Å². The molecule has 1 aliphatic rings. The first kappa shape index (κ1) is 10.4. The largest absolute Gasteiger partial charge is 0.478 e. The number of anilines is 1. The van der Waals surface area contributed by atoms with Gasteiger partial charge in [-0.1, -0.05) is 6.07 Å². The third-order valence-electron chi connectivity index (χ3n) is 2.33. The smallest absolute Gasteiger partial charge is 0.337 e. The lowest BCUT2D eigenvalue weighted by Gasteiger charge is -2.32. The number of fused-ring (bicyclic) bond motifs is 1. The summed E-state index contributed by atoms with van der Waals surface area (Å²) in [6.45, 7) is 5.07. The average molecular weight is 223 g/mol. The Kier molecular flexibility index (Phi) is 2.38. The van der Waals surface area contributed by atoms with Gasteiger partial charge < -0.3 is 10.4 Å². The first-order valence-corrected chi connectivity index (χ1v) is 5.60. The number of benzene rings is 1. The van der Waals surface area contributed by atoms with Crippen molar-refractivity contribution in [3.63, 3.8) is 0 Å². The predicted molar refractivity (Wildman–Crippen MR) is 61.8 cm³/mol. The van der Waals surface area contributed by atoms with Gasteiger partial charge in [-0.05, 0) is 26.0 Å². The van der Waals surface area contributed by atoms with Crippen LogP contribution in [-0.2, 0) is 0 Å². The molecule has 1 aromatic rings. The van der Waals surface area contributed by atoms with Crippen molar-refractivity contribution in [2.75, 3.05) is 11.9 Å². The Bertz CT molecular complexity index is 415. The maximum atomic E-state index is 11.0. The summed E-state index contributed by atoms with van der Waals surface area (Å²) in [6, 6.07) is 5.38. The Labute approximate surface area is 92.9 Å². The second kappa shape index (κ2) is 3.45. The van der Waals surface area contributed by atoms with Crippen LogP contribution < -0.4 is 5.32 Å². The van der Waals surface area contributed by atoms with Gasteiger partial charge in [0.05, 0.1) is 11.3 Å². The highest BCUT2D eigenvalue weighted by atomic mass is 32.2. The monoisotopic (exact) mass is 223 g/mol. The fourth-order valence-electron chi connectivity index (χ4n) is 1.61. The molecule has 4 heteroatoms. The number of carboxylic acid groups (broad SMARTS) is 1. The van der Waals surface area contributed by atoms with Crippen molar-refractivity contribution >= 4 is 23.4 Å². The van der Waals surface area contributed by atoms with E-state index in [0.29, 0.717) is 5.56 Å². The molecule has 15 heavy (non-hydrogen) atoms. The van der Waals surface area contributed by atoms with Crippen LogP contribution in [0.15, 0.2) is 23.1 Å². The topological polar surface area (TPSA) is 49.3 Å². The molecule has 0 saturated carbocycles. The SMILES string of the molecule is CC1(C)CNc2c(cccc2C(=O)O)S1. The number of hydrogen-bond acceptors (Lipinski definition) is 3. The van der Waals surface area contributed by atoms with Crippen molar-refractivity contribution < 1.29 is 9.90 Å². The van der Waals surface area contributed by atoms with Crippen LogP contribution in [0.2, 0.25) is 0 Å². The van der Waals surface area contributed by atoms with Gasteiger partial charge in [-0.15, -0.1) is 11.8 Å². The second-order valence-electron chi connectivity index (χ2n) is 4.20. The highest BCUT2D eigenvalue weighted by molar-refractivity contribution is 8.00. The molecule has 0 radical (unpaired) electrons. The summed E-state index contributed by atoms with van der Waals surface area (Å²) in [4.78, 5) is 12.0. The molecular weight excluding hydrogens is 210 g/mol. The molecule has 0 aliphatic carbocycles. The fraction of sp³-hybridized carbons (Fsp3) is 0.364. The highest BCUT2D eigenvalue weighted by Gasteiger charge is 2.28. The number of rotatable bonds is 1. The predicted octanol–water partition coefficient (Wildman–Crippen LogP) is 2.68. The molecule has 1 heterocycles.